The third-order valence-corrected chi connectivity index (χ3v) is 3.71. The largest absolute Gasteiger partial charge is 0.480 e. The molecule has 1 aliphatic rings. The first-order chi connectivity index (χ1) is 9.49. The van der Waals surface area contributed by atoms with E-state index in [0.717, 1.165) is 18.4 Å². The lowest BCUT2D eigenvalue weighted by Crippen LogP contribution is -2.47. The number of carboxylic acids is 1. The van der Waals surface area contributed by atoms with Crippen molar-refractivity contribution < 1.29 is 14.7 Å². The third kappa shape index (κ3) is 3.63. The number of rotatable bonds is 5. The van der Waals surface area contributed by atoms with Gasteiger partial charge in [0, 0.05) is 5.02 Å². The van der Waals surface area contributed by atoms with E-state index in [1.54, 1.807) is 13.0 Å². The van der Waals surface area contributed by atoms with Crippen LogP contribution in [0.3, 0.4) is 0 Å². The van der Waals surface area contributed by atoms with Crippen molar-refractivity contribution in [1.82, 2.24) is 10.6 Å². The topological polar surface area (TPSA) is 78.4 Å². The molecule has 2 rings (SSSR count). The summed E-state index contributed by atoms with van der Waals surface area (Å²) in [5.74, 6) is -0.943. The Morgan fingerprint density at radius 1 is 1.30 bits per heavy atom. The van der Waals surface area contributed by atoms with Gasteiger partial charge in [0.2, 0.25) is 0 Å². The second-order valence-electron chi connectivity index (χ2n) is 5.01. The zero-order valence-corrected chi connectivity index (χ0v) is 11.9. The molecule has 0 saturated heterocycles. The lowest BCUT2D eigenvalue weighted by atomic mass is 10.1. The van der Waals surface area contributed by atoms with Crippen LogP contribution in [-0.4, -0.2) is 23.1 Å². The summed E-state index contributed by atoms with van der Waals surface area (Å²) in [5, 5.41) is 14.8. The molecule has 0 spiro atoms. The van der Waals surface area contributed by atoms with Crippen LogP contribution >= 0.6 is 11.6 Å². The molecule has 1 fully saturated rings. The van der Waals surface area contributed by atoms with Crippen molar-refractivity contribution in [3.05, 3.63) is 34.9 Å². The first-order valence-corrected chi connectivity index (χ1v) is 6.91. The zero-order chi connectivity index (χ0) is 14.7. The molecule has 1 aromatic rings. The molecule has 1 aliphatic carbocycles. The van der Waals surface area contributed by atoms with E-state index in [-0.39, 0.29) is 12.0 Å². The van der Waals surface area contributed by atoms with Crippen molar-refractivity contribution in [1.29, 1.82) is 0 Å². The number of benzene rings is 1. The van der Waals surface area contributed by atoms with Crippen LogP contribution in [0.4, 0.5) is 4.79 Å². The fraction of sp³-hybridized carbons (Fsp3) is 0.429. The van der Waals surface area contributed by atoms with Gasteiger partial charge in [0.25, 0.3) is 0 Å². The quantitative estimate of drug-likeness (QED) is 0.781. The molecule has 2 amide bonds. The van der Waals surface area contributed by atoms with Gasteiger partial charge in [-0.05, 0) is 37.3 Å². The standard InChI is InChI=1S/C14H17ClN2O3/c1-8(10-4-2-3-5-11(10)15)16-14(20)17-12(13(18)19)9-6-7-9/h2-5,8-9,12H,6-7H2,1H3,(H,18,19)(H2,16,17,20). The highest BCUT2D eigenvalue weighted by atomic mass is 35.5. The summed E-state index contributed by atoms with van der Waals surface area (Å²) in [5.41, 5.74) is 0.794. The van der Waals surface area contributed by atoms with Crippen molar-refractivity contribution in [2.24, 2.45) is 5.92 Å². The van der Waals surface area contributed by atoms with Gasteiger partial charge >= 0.3 is 12.0 Å². The summed E-state index contributed by atoms with van der Waals surface area (Å²) in [6.07, 6.45) is 1.69. The number of hydrogen-bond donors (Lipinski definition) is 3. The number of nitrogens with one attached hydrogen (secondary N) is 2. The molecule has 6 heteroatoms. The molecule has 5 nitrogen and oxygen atoms in total. The van der Waals surface area contributed by atoms with Gasteiger partial charge in [-0.25, -0.2) is 9.59 Å². The van der Waals surface area contributed by atoms with E-state index in [9.17, 15) is 9.59 Å². The highest BCUT2D eigenvalue weighted by molar-refractivity contribution is 6.31. The van der Waals surface area contributed by atoms with Crippen LogP contribution in [0.5, 0.6) is 0 Å². The number of hydrogen-bond acceptors (Lipinski definition) is 2. The molecule has 2 atom stereocenters. The molecular weight excluding hydrogens is 280 g/mol. The summed E-state index contributed by atoms with van der Waals surface area (Å²) >= 11 is 6.05. The van der Waals surface area contributed by atoms with Crippen LogP contribution in [-0.2, 0) is 4.79 Å². The Kier molecular flexibility index (Phi) is 4.49. The van der Waals surface area contributed by atoms with Crippen LogP contribution in [0.2, 0.25) is 5.02 Å². The molecule has 0 aliphatic heterocycles. The van der Waals surface area contributed by atoms with Gasteiger partial charge in [0.05, 0.1) is 6.04 Å². The van der Waals surface area contributed by atoms with Gasteiger partial charge in [-0.1, -0.05) is 29.8 Å². The molecule has 0 radical (unpaired) electrons. The highest BCUT2D eigenvalue weighted by Gasteiger charge is 2.37. The molecule has 108 valence electrons. The lowest BCUT2D eigenvalue weighted by molar-refractivity contribution is -0.139. The molecule has 0 bridgehead atoms. The van der Waals surface area contributed by atoms with Gasteiger partial charge in [-0.2, -0.15) is 0 Å². The van der Waals surface area contributed by atoms with E-state index in [1.165, 1.54) is 0 Å². The average molecular weight is 297 g/mol. The van der Waals surface area contributed by atoms with Gasteiger partial charge < -0.3 is 15.7 Å². The van der Waals surface area contributed by atoms with E-state index in [4.69, 9.17) is 16.7 Å². The molecule has 1 saturated carbocycles. The zero-order valence-electron chi connectivity index (χ0n) is 11.1. The van der Waals surface area contributed by atoms with Crippen LogP contribution in [0.1, 0.15) is 31.4 Å². The maximum absolute atomic E-state index is 11.9. The van der Waals surface area contributed by atoms with Crippen LogP contribution < -0.4 is 10.6 Å². The van der Waals surface area contributed by atoms with Crippen molar-refractivity contribution in [2.45, 2.75) is 31.8 Å². The average Bonchev–Trinajstić information content (AvgIpc) is 3.20. The molecule has 2 unspecified atom stereocenters. The molecular formula is C14H17ClN2O3. The predicted octanol–water partition coefficient (Wildman–Crippen LogP) is 2.56. The van der Waals surface area contributed by atoms with Crippen LogP contribution in [0.25, 0.3) is 0 Å². The summed E-state index contributed by atoms with van der Waals surface area (Å²) in [6.45, 7) is 1.80. The van der Waals surface area contributed by atoms with Crippen molar-refractivity contribution >= 4 is 23.6 Å². The Morgan fingerprint density at radius 2 is 1.95 bits per heavy atom. The van der Waals surface area contributed by atoms with Gasteiger partial charge in [0.15, 0.2) is 0 Å². The molecule has 0 heterocycles. The molecule has 1 aromatic carbocycles. The summed E-state index contributed by atoms with van der Waals surface area (Å²) in [7, 11) is 0. The monoisotopic (exact) mass is 296 g/mol. The minimum atomic E-state index is -0.993. The minimum absolute atomic E-state index is 0.0499. The van der Waals surface area contributed by atoms with Crippen molar-refractivity contribution in [3.8, 4) is 0 Å². The van der Waals surface area contributed by atoms with E-state index < -0.39 is 18.0 Å². The second-order valence-corrected chi connectivity index (χ2v) is 5.42. The summed E-state index contributed by atoms with van der Waals surface area (Å²) in [4.78, 5) is 22.9. The molecule has 0 aromatic heterocycles. The fourth-order valence-electron chi connectivity index (χ4n) is 2.09. The molecule has 20 heavy (non-hydrogen) atoms. The Bertz CT molecular complexity index is 517. The first-order valence-electron chi connectivity index (χ1n) is 6.53. The third-order valence-electron chi connectivity index (χ3n) is 3.37. The molecule has 3 N–H and O–H groups in total. The Balaban J connectivity index is 1.94. The second kappa shape index (κ2) is 6.13. The van der Waals surface area contributed by atoms with Crippen molar-refractivity contribution in [2.75, 3.05) is 0 Å². The maximum Gasteiger partial charge on any atom is 0.326 e. The van der Waals surface area contributed by atoms with Crippen LogP contribution in [0, 0.1) is 5.92 Å². The highest BCUT2D eigenvalue weighted by Crippen LogP contribution is 2.32. The number of carboxylic acid groups (broad SMARTS) is 1. The smallest absolute Gasteiger partial charge is 0.326 e. The van der Waals surface area contributed by atoms with E-state index in [0.29, 0.717) is 5.02 Å². The first kappa shape index (κ1) is 14.7. The minimum Gasteiger partial charge on any atom is -0.480 e. The number of aliphatic carboxylic acids is 1. The van der Waals surface area contributed by atoms with Crippen molar-refractivity contribution in [3.63, 3.8) is 0 Å². The van der Waals surface area contributed by atoms with E-state index >= 15 is 0 Å². The number of urea groups is 1. The lowest BCUT2D eigenvalue weighted by Gasteiger charge is -2.19. The number of amides is 2. The Hall–Kier alpha value is -1.75. The number of carbonyl (C=O) groups excluding carboxylic acids is 1. The van der Waals surface area contributed by atoms with Gasteiger partial charge in [0.1, 0.15) is 6.04 Å². The summed E-state index contributed by atoms with van der Waals surface area (Å²) < 4.78 is 0. The van der Waals surface area contributed by atoms with E-state index in [2.05, 4.69) is 10.6 Å². The van der Waals surface area contributed by atoms with Gasteiger partial charge in [-0.15, -0.1) is 0 Å². The summed E-state index contributed by atoms with van der Waals surface area (Å²) in [6, 6.07) is 5.62. The van der Waals surface area contributed by atoms with E-state index in [1.807, 2.05) is 18.2 Å². The Labute approximate surface area is 122 Å². The van der Waals surface area contributed by atoms with Crippen LogP contribution in [0.15, 0.2) is 24.3 Å². The predicted molar refractivity (Wildman–Crippen MR) is 75.7 cm³/mol. The normalized spacial score (nSPS) is 17.1. The number of halogens is 1. The maximum atomic E-state index is 11.9. The van der Waals surface area contributed by atoms with Gasteiger partial charge in [-0.3, -0.25) is 0 Å². The Morgan fingerprint density at radius 3 is 2.50 bits per heavy atom. The fourth-order valence-corrected chi connectivity index (χ4v) is 2.39. The SMILES string of the molecule is CC(NC(=O)NC(C(=O)O)C1CC1)c1ccccc1Cl. The number of carbonyl (C=O) groups is 2.